The lowest BCUT2D eigenvalue weighted by atomic mass is 10.1. The molecule has 0 unspecified atom stereocenters. The zero-order chi connectivity index (χ0) is 14.5. The van der Waals surface area contributed by atoms with Gasteiger partial charge in [0.15, 0.2) is 0 Å². The molecule has 1 N–H and O–H groups in total. The van der Waals surface area contributed by atoms with Crippen LogP contribution < -0.4 is 5.43 Å². The third-order valence-electron chi connectivity index (χ3n) is 2.68. The van der Waals surface area contributed by atoms with E-state index in [1.165, 1.54) is 17.4 Å². The molecule has 6 nitrogen and oxygen atoms in total. The summed E-state index contributed by atoms with van der Waals surface area (Å²) in [6.07, 6.45) is 2.17. The van der Waals surface area contributed by atoms with Gasteiger partial charge in [-0.25, -0.2) is 4.98 Å². The number of hydrogen-bond acceptors (Lipinski definition) is 6. The highest BCUT2D eigenvalue weighted by Crippen LogP contribution is 2.20. The predicted molar refractivity (Wildman–Crippen MR) is 80.5 cm³/mol. The molecule has 0 fully saturated rings. The molecule has 2 rings (SSSR count). The molecule has 0 amide bonds. The normalized spacial score (nSPS) is 10.9. The number of hydrazone groups is 1. The van der Waals surface area contributed by atoms with E-state index in [-0.39, 0.29) is 10.6 Å². The molecule has 0 spiro atoms. The van der Waals surface area contributed by atoms with Crippen LogP contribution in [0.15, 0.2) is 28.7 Å². The van der Waals surface area contributed by atoms with E-state index in [4.69, 9.17) is 0 Å². The van der Waals surface area contributed by atoms with Crippen molar-refractivity contribution < 1.29 is 4.92 Å². The summed E-state index contributed by atoms with van der Waals surface area (Å²) in [6.45, 7) is 3.79. The number of nitrogens with zero attached hydrogens (tertiary/aromatic N) is 3. The number of nitrogens with one attached hydrogen (secondary N) is 1. The van der Waals surface area contributed by atoms with Crippen LogP contribution in [0, 0.1) is 17.0 Å². The van der Waals surface area contributed by atoms with Crippen molar-refractivity contribution in [2.75, 3.05) is 5.43 Å². The van der Waals surface area contributed by atoms with Gasteiger partial charge in [0.1, 0.15) is 0 Å². The average molecular weight is 290 g/mol. The van der Waals surface area contributed by atoms with Crippen LogP contribution in [0.1, 0.15) is 23.7 Å². The summed E-state index contributed by atoms with van der Waals surface area (Å²) in [7, 11) is 0. The second-order valence-corrected chi connectivity index (χ2v) is 5.02. The standard InChI is InChI=1S/C13H14N4O2S/c1-3-11-5-4-10(6-12(11)17(18)19)7-14-16-13-15-9(2)8-20-13/h4-8H,3H2,1-2H3,(H,15,16). The Morgan fingerprint density at radius 1 is 1.55 bits per heavy atom. The van der Waals surface area contributed by atoms with Gasteiger partial charge >= 0.3 is 0 Å². The average Bonchev–Trinajstić information content (AvgIpc) is 2.84. The van der Waals surface area contributed by atoms with E-state index in [1.54, 1.807) is 12.3 Å². The van der Waals surface area contributed by atoms with Crippen molar-refractivity contribution in [3.05, 3.63) is 50.5 Å². The third-order valence-corrected chi connectivity index (χ3v) is 3.54. The molecule has 0 atom stereocenters. The zero-order valence-corrected chi connectivity index (χ0v) is 12.0. The van der Waals surface area contributed by atoms with Gasteiger partial charge in [0.2, 0.25) is 5.13 Å². The fraction of sp³-hybridized carbons (Fsp3) is 0.231. The van der Waals surface area contributed by atoms with Crippen molar-refractivity contribution in [1.29, 1.82) is 0 Å². The number of thiazole rings is 1. The minimum absolute atomic E-state index is 0.126. The van der Waals surface area contributed by atoms with Gasteiger partial charge in [-0.1, -0.05) is 19.1 Å². The summed E-state index contributed by atoms with van der Waals surface area (Å²) in [4.78, 5) is 14.8. The smallest absolute Gasteiger partial charge is 0.258 e. The van der Waals surface area contributed by atoms with E-state index in [0.717, 1.165) is 11.3 Å². The molecule has 7 heteroatoms. The van der Waals surface area contributed by atoms with E-state index < -0.39 is 0 Å². The fourth-order valence-electron chi connectivity index (χ4n) is 1.70. The lowest BCUT2D eigenvalue weighted by Gasteiger charge is -2.00. The lowest BCUT2D eigenvalue weighted by molar-refractivity contribution is -0.385. The number of hydrogen-bond donors (Lipinski definition) is 1. The largest absolute Gasteiger partial charge is 0.273 e. The van der Waals surface area contributed by atoms with Crippen molar-refractivity contribution in [3.63, 3.8) is 0 Å². The van der Waals surface area contributed by atoms with Crippen molar-refractivity contribution in [2.45, 2.75) is 20.3 Å². The van der Waals surface area contributed by atoms with Gasteiger partial charge in [0, 0.05) is 22.6 Å². The Kier molecular flexibility index (Phi) is 4.41. The molecule has 2 aromatic rings. The van der Waals surface area contributed by atoms with E-state index in [2.05, 4.69) is 15.5 Å². The summed E-state index contributed by atoms with van der Waals surface area (Å²) in [5.41, 5.74) is 5.25. The van der Waals surface area contributed by atoms with Gasteiger partial charge in [-0.3, -0.25) is 15.5 Å². The molecule has 0 aliphatic heterocycles. The second kappa shape index (κ2) is 6.25. The van der Waals surface area contributed by atoms with Crippen LogP contribution >= 0.6 is 11.3 Å². The van der Waals surface area contributed by atoms with Gasteiger partial charge in [0.25, 0.3) is 5.69 Å². The molecular weight excluding hydrogens is 276 g/mol. The maximum Gasteiger partial charge on any atom is 0.273 e. The van der Waals surface area contributed by atoms with Crippen LogP contribution in [0.4, 0.5) is 10.8 Å². The highest BCUT2D eigenvalue weighted by molar-refractivity contribution is 7.13. The van der Waals surface area contributed by atoms with Crippen LogP contribution in [-0.2, 0) is 6.42 Å². The first-order valence-electron chi connectivity index (χ1n) is 6.08. The van der Waals surface area contributed by atoms with Crippen LogP contribution in [0.2, 0.25) is 0 Å². The van der Waals surface area contributed by atoms with Crippen molar-refractivity contribution in [3.8, 4) is 0 Å². The van der Waals surface area contributed by atoms with Crippen LogP contribution in [-0.4, -0.2) is 16.1 Å². The fourth-order valence-corrected chi connectivity index (χ4v) is 2.33. The number of aromatic nitrogens is 1. The van der Waals surface area contributed by atoms with Crippen molar-refractivity contribution in [2.24, 2.45) is 5.10 Å². The Morgan fingerprint density at radius 3 is 2.95 bits per heavy atom. The number of nitro benzene ring substituents is 1. The molecule has 1 aromatic carbocycles. The third kappa shape index (κ3) is 3.39. The highest BCUT2D eigenvalue weighted by atomic mass is 32.1. The Hall–Kier alpha value is -2.28. The van der Waals surface area contributed by atoms with E-state index in [0.29, 0.717) is 17.1 Å². The minimum Gasteiger partial charge on any atom is -0.258 e. The van der Waals surface area contributed by atoms with Crippen molar-refractivity contribution in [1.82, 2.24) is 4.98 Å². The Balaban J connectivity index is 2.13. The monoisotopic (exact) mass is 290 g/mol. The summed E-state index contributed by atoms with van der Waals surface area (Å²) in [5.74, 6) is 0. The Bertz CT molecular complexity index is 652. The quantitative estimate of drug-likeness (QED) is 0.520. The molecule has 0 bridgehead atoms. The molecule has 1 heterocycles. The first-order valence-corrected chi connectivity index (χ1v) is 6.96. The topological polar surface area (TPSA) is 80.4 Å². The van der Waals surface area contributed by atoms with Crippen LogP contribution in [0.3, 0.4) is 0 Å². The van der Waals surface area contributed by atoms with Gasteiger partial charge in [-0.15, -0.1) is 11.3 Å². The van der Waals surface area contributed by atoms with E-state index in [1.807, 2.05) is 25.3 Å². The molecule has 0 aliphatic carbocycles. The highest BCUT2D eigenvalue weighted by Gasteiger charge is 2.12. The number of benzene rings is 1. The lowest BCUT2D eigenvalue weighted by Crippen LogP contribution is -1.97. The number of nitro groups is 1. The minimum atomic E-state index is -0.367. The Morgan fingerprint density at radius 2 is 2.35 bits per heavy atom. The van der Waals surface area contributed by atoms with Gasteiger partial charge < -0.3 is 0 Å². The van der Waals surface area contributed by atoms with Gasteiger partial charge in [-0.2, -0.15) is 5.10 Å². The van der Waals surface area contributed by atoms with Crippen molar-refractivity contribution >= 4 is 28.4 Å². The molecule has 0 saturated carbocycles. The number of aryl methyl sites for hydroxylation is 2. The summed E-state index contributed by atoms with van der Waals surface area (Å²) >= 11 is 1.45. The zero-order valence-electron chi connectivity index (χ0n) is 11.2. The summed E-state index contributed by atoms with van der Waals surface area (Å²) in [6, 6.07) is 5.09. The van der Waals surface area contributed by atoms with E-state index in [9.17, 15) is 10.1 Å². The first-order chi connectivity index (χ1) is 9.60. The molecule has 1 aromatic heterocycles. The summed E-state index contributed by atoms with van der Waals surface area (Å²) in [5, 5.41) is 17.6. The predicted octanol–water partition coefficient (Wildman–Crippen LogP) is 3.37. The molecule has 104 valence electrons. The van der Waals surface area contributed by atoms with Gasteiger partial charge in [0.05, 0.1) is 16.8 Å². The molecule has 0 aliphatic rings. The maximum absolute atomic E-state index is 11.0. The molecular formula is C13H14N4O2S. The van der Waals surface area contributed by atoms with Crippen LogP contribution in [0.5, 0.6) is 0 Å². The van der Waals surface area contributed by atoms with Crippen LogP contribution in [0.25, 0.3) is 0 Å². The number of anilines is 1. The molecule has 20 heavy (non-hydrogen) atoms. The van der Waals surface area contributed by atoms with E-state index >= 15 is 0 Å². The molecule has 0 saturated heterocycles. The Labute approximate surface area is 120 Å². The summed E-state index contributed by atoms with van der Waals surface area (Å²) < 4.78 is 0. The maximum atomic E-state index is 11.0. The number of rotatable bonds is 5. The SMILES string of the molecule is CCc1ccc(C=NNc2nc(C)cs2)cc1[N+](=O)[O-]. The first kappa shape index (κ1) is 14.1. The molecule has 0 radical (unpaired) electrons. The second-order valence-electron chi connectivity index (χ2n) is 4.16. The van der Waals surface area contributed by atoms with Gasteiger partial charge in [-0.05, 0) is 13.3 Å².